The molecule has 0 fully saturated rings. The van der Waals surface area contributed by atoms with Crippen molar-refractivity contribution in [3.05, 3.63) is 40.6 Å². The van der Waals surface area contributed by atoms with E-state index >= 15 is 0 Å². The van der Waals surface area contributed by atoms with Crippen LogP contribution in [0.5, 0.6) is 11.5 Å². The third-order valence-electron chi connectivity index (χ3n) is 2.92. The summed E-state index contributed by atoms with van der Waals surface area (Å²) in [6.45, 7) is 0.593. The van der Waals surface area contributed by atoms with E-state index in [1.54, 1.807) is 43.8 Å². The van der Waals surface area contributed by atoms with E-state index in [9.17, 15) is 4.79 Å². The van der Waals surface area contributed by atoms with Crippen molar-refractivity contribution in [1.82, 2.24) is 5.32 Å². The predicted molar refractivity (Wildman–Crippen MR) is 84.6 cm³/mol. The lowest BCUT2D eigenvalue weighted by Gasteiger charge is -2.11. The second kappa shape index (κ2) is 7.54. The molecule has 112 valence electrons. The van der Waals surface area contributed by atoms with E-state index in [-0.39, 0.29) is 6.03 Å². The lowest BCUT2D eigenvalue weighted by molar-refractivity contribution is 0.252. The number of thiophene rings is 1. The Labute approximate surface area is 127 Å². The van der Waals surface area contributed by atoms with Crippen molar-refractivity contribution in [3.63, 3.8) is 0 Å². The van der Waals surface area contributed by atoms with Gasteiger partial charge in [0.05, 0.1) is 14.2 Å². The molecule has 2 rings (SSSR count). The highest BCUT2D eigenvalue weighted by Crippen LogP contribution is 2.29. The minimum Gasteiger partial charge on any atom is -0.493 e. The zero-order valence-electron chi connectivity index (χ0n) is 12.0. The molecule has 2 N–H and O–H groups in total. The van der Waals surface area contributed by atoms with Gasteiger partial charge >= 0.3 is 6.03 Å². The van der Waals surface area contributed by atoms with Crippen molar-refractivity contribution in [1.29, 1.82) is 0 Å². The van der Waals surface area contributed by atoms with Gasteiger partial charge in [0.15, 0.2) is 11.5 Å². The number of carbonyl (C=O) groups excluding carboxylic acids is 1. The minimum atomic E-state index is -0.238. The molecule has 0 saturated carbocycles. The fourth-order valence-electron chi connectivity index (χ4n) is 1.84. The Bertz CT molecular complexity index is 585. The highest BCUT2D eigenvalue weighted by molar-refractivity contribution is 7.07. The summed E-state index contributed by atoms with van der Waals surface area (Å²) < 4.78 is 10.3. The maximum atomic E-state index is 11.8. The molecule has 0 atom stereocenters. The van der Waals surface area contributed by atoms with Crippen LogP contribution in [0.4, 0.5) is 10.5 Å². The standard InChI is InChI=1S/C15H18N2O3S/c1-19-13-4-3-12(9-14(13)20-2)17-15(18)16-7-5-11-6-8-21-10-11/h3-4,6,8-10H,5,7H2,1-2H3,(H2,16,17,18). The van der Waals surface area contributed by atoms with Crippen LogP contribution in [0.1, 0.15) is 5.56 Å². The molecule has 0 radical (unpaired) electrons. The van der Waals surface area contributed by atoms with Crippen LogP contribution in [-0.4, -0.2) is 26.8 Å². The number of amides is 2. The Kier molecular flexibility index (Phi) is 5.45. The van der Waals surface area contributed by atoms with E-state index in [4.69, 9.17) is 9.47 Å². The van der Waals surface area contributed by atoms with Crippen LogP contribution in [-0.2, 0) is 6.42 Å². The molecule has 0 unspecified atom stereocenters. The third kappa shape index (κ3) is 4.39. The van der Waals surface area contributed by atoms with Crippen LogP contribution in [0.2, 0.25) is 0 Å². The first-order valence-electron chi connectivity index (χ1n) is 6.51. The van der Waals surface area contributed by atoms with E-state index in [2.05, 4.69) is 22.1 Å². The van der Waals surface area contributed by atoms with Crippen LogP contribution < -0.4 is 20.1 Å². The molecule has 0 bridgehead atoms. The van der Waals surface area contributed by atoms with Gasteiger partial charge in [0, 0.05) is 18.3 Å². The van der Waals surface area contributed by atoms with Gasteiger partial charge in [0.25, 0.3) is 0 Å². The van der Waals surface area contributed by atoms with E-state index in [1.165, 1.54) is 5.56 Å². The number of methoxy groups -OCH3 is 2. The Morgan fingerprint density at radius 3 is 2.67 bits per heavy atom. The molecule has 0 aliphatic rings. The van der Waals surface area contributed by atoms with Gasteiger partial charge in [-0.15, -0.1) is 0 Å². The molecule has 2 aromatic rings. The zero-order valence-corrected chi connectivity index (χ0v) is 12.8. The molecule has 0 saturated heterocycles. The summed E-state index contributed by atoms with van der Waals surface area (Å²) in [4.78, 5) is 11.8. The summed E-state index contributed by atoms with van der Waals surface area (Å²) in [5, 5.41) is 9.69. The van der Waals surface area contributed by atoms with E-state index in [1.807, 2.05) is 5.38 Å². The Hall–Kier alpha value is -2.21. The molecule has 5 nitrogen and oxygen atoms in total. The Morgan fingerprint density at radius 2 is 2.00 bits per heavy atom. The van der Waals surface area contributed by atoms with Gasteiger partial charge in [-0.25, -0.2) is 4.79 Å². The SMILES string of the molecule is COc1ccc(NC(=O)NCCc2ccsc2)cc1OC. The van der Waals surface area contributed by atoms with Gasteiger partial charge in [-0.2, -0.15) is 11.3 Å². The molecule has 2 amide bonds. The summed E-state index contributed by atoms with van der Waals surface area (Å²) >= 11 is 1.65. The van der Waals surface area contributed by atoms with Crippen molar-refractivity contribution < 1.29 is 14.3 Å². The fraction of sp³-hybridized carbons (Fsp3) is 0.267. The van der Waals surface area contributed by atoms with Crippen LogP contribution >= 0.6 is 11.3 Å². The van der Waals surface area contributed by atoms with Crippen molar-refractivity contribution in [2.24, 2.45) is 0 Å². The maximum absolute atomic E-state index is 11.8. The highest BCUT2D eigenvalue weighted by atomic mass is 32.1. The number of anilines is 1. The first-order chi connectivity index (χ1) is 10.2. The van der Waals surface area contributed by atoms with Crippen molar-refractivity contribution >= 4 is 23.1 Å². The Morgan fingerprint density at radius 1 is 1.19 bits per heavy atom. The second-order valence-corrected chi connectivity index (χ2v) is 5.11. The number of nitrogens with one attached hydrogen (secondary N) is 2. The topological polar surface area (TPSA) is 59.6 Å². The molecule has 6 heteroatoms. The average Bonchev–Trinajstić information content (AvgIpc) is 3.00. The van der Waals surface area contributed by atoms with Gasteiger partial charge in [-0.3, -0.25) is 0 Å². The molecule has 0 spiro atoms. The lowest BCUT2D eigenvalue weighted by Crippen LogP contribution is -2.30. The van der Waals surface area contributed by atoms with Crippen LogP contribution in [0, 0.1) is 0 Å². The van der Waals surface area contributed by atoms with Crippen molar-refractivity contribution in [2.75, 3.05) is 26.1 Å². The third-order valence-corrected chi connectivity index (χ3v) is 3.65. The number of carbonyl (C=O) groups is 1. The van der Waals surface area contributed by atoms with Crippen LogP contribution in [0.15, 0.2) is 35.0 Å². The largest absolute Gasteiger partial charge is 0.493 e. The van der Waals surface area contributed by atoms with E-state index < -0.39 is 0 Å². The smallest absolute Gasteiger partial charge is 0.319 e. The van der Waals surface area contributed by atoms with Gasteiger partial charge in [0.2, 0.25) is 0 Å². The quantitative estimate of drug-likeness (QED) is 0.862. The van der Waals surface area contributed by atoms with Gasteiger partial charge in [-0.05, 0) is 40.9 Å². The highest BCUT2D eigenvalue weighted by Gasteiger charge is 2.07. The first-order valence-corrected chi connectivity index (χ1v) is 7.45. The molecule has 1 heterocycles. The summed E-state index contributed by atoms with van der Waals surface area (Å²) in [7, 11) is 3.13. The molecule has 21 heavy (non-hydrogen) atoms. The number of urea groups is 1. The summed E-state index contributed by atoms with van der Waals surface area (Å²) in [5.74, 6) is 1.20. The molecule has 0 aliphatic carbocycles. The minimum absolute atomic E-state index is 0.238. The van der Waals surface area contributed by atoms with Gasteiger partial charge < -0.3 is 20.1 Å². The maximum Gasteiger partial charge on any atom is 0.319 e. The average molecular weight is 306 g/mol. The van der Waals surface area contributed by atoms with Crippen molar-refractivity contribution in [2.45, 2.75) is 6.42 Å². The van der Waals surface area contributed by atoms with E-state index in [0.29, 0.717) is 23.7 Å². The van der Waals surface area contributed by atoms with Gasteiger partial charge in [-0.1, -0.05) is 0 Å². The number of benzene rings is 1. The normalized spacial score (nSPS) is 10.0. The predicted octanol–water partition coefficient (Wildman–Crippen LogP) is 3.13. The fourth-order valence-corrected chi connectivity index (χ4v) is 2.55. The summed E-state index contributed by atoms with van der Waals surface area (Å²) in [6, 6.07) is 7.05. The molecule has 0 aliphatic heterocycles. The number of hydrogen-bond donors (Lipinski definition) is 2. The lowest BCUT2D eigenvalue weighted by atomic mass is 10.2. The van der Waals surface area contributed by atoms with Gasteiger partial charge in [0.1, 0.15) is 0 Å². The molecular weight excluding hydrogens is 288 g/mol. The van der Waals surface area contributed by atoms with Crippen LogP contribution in [0.3, 0.4) is 0 Å². The monoisotopic (exact) mass is 306 g/mol. The zero-order chi connectivity index (χ0) is 15.1. The number of hydrogen-bond acceptors (Lipinski definition) is 4. The van der Waals surface area contributed by atoms with Crippen LogP contribution in [0.25, 0.3) is 0 Å². The summed E-state index contributed by atoms with van der Waals surface area (Å²) in [5.41, 5.74) is 1.88. The summed E-state index contributed by atoms with van der Waals surface area (Å²) in [6.07, 6.45) is 0.822. The number of ether oxygens (including phenoxy) is 2. The second-order valence-electron chi connectivity index (χ2n) is 4.33. The number of rotatable bonds is 6. The molecule has 1 aromatic heterocycles. The van der Waals surface area contributed by atoms with E-state index in [0.717, 1.165) is 6.42 Å². The molecule has 1 aromatic carbocycles. The first kappa shape index (κ1) is 15.2. The van der Waals surface area contributed by atoms with Crippen molar-refractivity contribution in [3.8, 4) is 11.5 Å². The molecular formula is C15H18N2O3S. The Balaban J connectivity index is 1.84.